The number of nitrogens with zero attached hydrogens (tertiary/aromatic N) is 1. The summed E-state index contributed by atoms with van der Waals surface area (Å²) in [6.07, 6.45) is 11.3. The van der Waals surface area contributed by atoms with Crippen LogP contribution in [0.1, 0.15) is 19.8 Å². The standard InChI is InChI=1S/C22H27NO3/c1-17-13-19(16-25-2)15-23(17)22(24)14-18-7-6-10-21(12-11-18)26-20-8-4-3-5-9-20/h3-12,17,19,21H,13-16H2,1-2H3. The molecule has 138 valence electrons. The van der Waals surface area contributed by atoms with Crippen molar-refractivity contribution in [1.82, 2.24) is 4.90 Å². The molecular formula is C22H27NO3. The Morgan fingerprint density at radius 1 is 1.23 bits per heavy atom. The van der Waals surface area contributed by atoms with Crippen LogP contribution in [0.15, 0.2) is 66.3 Å². The number of benzene rings is 1. The molecule has 1 amide bonds. The Balaban J connectivity index is 1.55. The van der Waals surface area contributed by atoms with Gasteiger partial charge in [0, 0.05) is 25.6 Å². The normalized spacial score (nSPS) is 25.1. The SMILES string of the molecule is COCC1CC(C)N(C(=O)CC2=CC=CC(Oc3ccccc3)C=C2)C1. The molecular weight excluding hydrogens is 326 g/mol. The predicted molar refractivity (Wildman–Crippen MR) is 103 cm³/mol. The quantitative estimate of drug-likeness (QED) is 0.782. The van der Waals surface area contributed by atoms with Gasteiger partial charge in [-0.1, -0.05) is 36.4 Å². The Kier molecular flexibility index (Phi) is 6.29. The number of rotatable bonds is 6. The van der Waals surface area contributed by atoms with Gasteiger partial charge in [-0.05, 0) is 43.2 Å². The molecule has 1 aromatic carbocycles. The van der Waals surface area contributed by atoms with E-state index in [9.17, 15) is 4.79 Å². The number of amides is 1. The number of likely N-dealkylation sites (tertiary alicyclic amines) is 1. The zero-order chi connectivity index (χ0) is 18.4. The van der Waals surface area contributed by atoms with Gasteiger partial charge in [-0.3, -0.25) is 4.79 Å². The van der Waals surface area contributed by atoms with Crippen LogP contribution >= 0.6 is 0 Å². The van der Waals surface area contributed by atoms with Gasteiger partial charge in [-0.2, -0.15) is 0 Å². The van der Waals surface area contributed by atoms with Gasteiger partial charge < -0.3 is 14.4 Å². The molecule has 3 rings (SSSR count). The third kappa shape index (κ3) is 4.85. The lowest BCUT2D eigenvalue weighted by atomic mass is 10.1. The fourth-order valence-corrected chi connectivity index (χ4v) is 3.60. The minimum Gasteiger partial charge on any atom is -0.482 e. The number of carbonyl (C=O) groups excluding carboxylic acids is 1. The van der Waals surface area contributed by atoms with Gasteiger partial charge in [0.15, 0.2) is 0 Å². The molecule has 4 nitrogen and oxygen atoms in total. The van der Waals surface area contributed by atoms with Crippen molar-refractivity contribution in [2.24, 2.45) is 5.92 Å². The van der Waals surface area contributed by atoms with Crippen molar-refractivity contribution in [2.75, 3.05) is 20.3 Å². The fraction of sp³-hybridized carbons (Fsp3) is 0.409. The van der Waals surface area contributed by atoms with Crippen molar-refractivity contribution in [1.29, 1.82) is 0 Å². The minimum absolute atomic E-state index is 0.127. The van der Waals surface area contributed by atoms with Crippen molar-refractivity contribution in [3.63, 3.8) is 0 Å². The third-order valence-electron chi connectivity index (χ3n) is 4.87. The van der Waals surface area contributed by atoms with Crippen LogP contribution in [-0.2, 0) is 9.53 Å². The van der Waals surface area contributed by atoms with E-state index in [1.165, 1.54) is 0 Å². The highest BCUT2D eigenvalue weighted by molar-refractivity contribution is 5.80. The second-order valence-electron chi connectivity index (χ2n) is 7.01. The van der Waals surface area contributed by atoms with E-state index >= 15 is 0 Å². The summed E-state index contributed by atoms with van der Waals surface area (Å²) in [6.45, 7) is 3.63. The summed E-state index contributed by atoms with van der Waals surface area (Å²) in [5.41, 5.74) is 1.01. The molecule has 1 saturated heterocycles. The highest BCUT2D eigenvalue weighted by Crippen LogP contribution is 2.25. The van der Waals surface area contributed by atoms with E-state index < -0.39 is 0 Å². The minimum atomic E-state index is -0.127. The number of allylic oxidation sites excluding steroid dienone is 3. The maximum Gasteiger partial charge on any atom is 0.227 e. The summed E-state index contributed by atoms with van der Waals surface area (Å²) in [5, 5.41) is 0. The highest BCUT2D eigenvalue weighted by atomic mass is 16.5. The predicted octanol–water partition coefficient (Wildman–Crippen LogP) is 3.76. The topological polar surface area (TPSA) is 38.8 Å². The first-order valence-corrected chi connectivity index (χ1v) is 9.21. The van der Waals surface area contributed by atoms with Gasteiger partial charge in [0.2, 0.25) is 5.91 Å². The molecule has 2 aliphatic rings. The van der Waals surface area contributed by atoms with Gasteiger partial charge in [0.1, 0.15) is 11.9 Å². The zero-order valence-corrected chi connectivity index (χ0v) is 15.5. The number of carbonyl (C=O) groups is 1. The second kappa shape index (κ2) is 8.86. The number of methoxy groups -OCH3 is 1. The van der Waals surface area contributed by atoms with Gasteiger partial charge >= 0.3 is 0 Å². The van der Waals surface area contributed by atoms with Gasteiger partial charge in [0.25, 0.3) is 0 Å². The van der Waals surface area contributed by atoms with Crippen LogP contribution in [0.3, 0.4) is 0 Å². The van der Waals surface area contributed by atoms with Crippen LogP contribution in [0, 0.1) is 5.92 Å². The Bertz CT molecular complexity index is 693. The van der Waals surface area contributed by atoms with Crippen molar-refractivity contribution in [3.8, 4) is 5.75 Å². The summed E-state index contributed by atoms with van der Waals surface area (Å²) < 4.78 is 11.2. The average molecular weight is 353 g/mol. The van der Waals surface area contributed by atoms with E-state index in [1.54, 1.807) is 7.11 Å². The maximum atomic E-state index is 12.7. The summed E-state index contributed by atoms with van der Waals surface area (Å²) in [4.78, 5) is 14.7. The molecule has 1 fully saturated rings. The summed E-state index contributed by atoms with van der Waals surface area (Å²) in [6, 6.07) is 10.0. The molecule has 0 radical (unpaired) electrons. The number of ether oxygens (including phenoxy) is 2. The van der Waals surface area contributed by atoms with Crippen molar-refractivity contribution >= 4 is 5.91 Å². The first kappa shape index (κ1) is 18.5. The molecule has 3 atom stereocenters. The third-order valence-corrected chi connectivity index (χ3v) is 4.87. The molecule has 1 aliphatic carbocycles. The number of hydrogen-bond donors (Lipinski definition) is 0. The van der Waals surface area contributed by atoms with E-state index in [1.807, 2.05) is 65.6 Å². The van der Waals surface area contributed by atoms with E-state index in [-0.39, 0.29) is 18.1 Å². The molecule has 0 spiro atoms. The first-order valence-electron chi connectivity index (χ1n) is 9.21. The summed E-state index contributed by atoms with van der Waals surface area (Å²) in [7, 11) is 1.72. The molecule has 4 heteroatoms. The van der Waals surface area contributed by atoms with Crippen LogP contribution in [-0.4, -0.2) is 43.2 Å². The average Bonchev–Trinajstić information content (AvgIpc) is 2.86. The molecule has 0 saturated carbocycles. The lowest BCUT2D eigenvalue weighted by Crippen LogP contribution is -2.34. The molecule has 26 heavy (non-hydrogen) atoms. The summed E-state index contributed by atoms with van der Waals surface area (Å²) in [5.74, 6) is 1.46. The number of para-hydroxylation sites is 1. The molecule has 3 unspecified atom stereocenters. The number of hydrogen-bond acceptors (Lipinski definition) is 3. The van der Waals surface area contributed by atoms with E-state index in [4.69, 9.17) is 9.47 Å². The first-order chi connectivity index (χ1) is 12.7. The van der Waals surface area contributed by atoms with Crippen molar-refractivity contribution in [2.45, 2.75) is 31.9 Å². The Morgan fingerprint density at radius 3 is 2.81 bits per heavy atom. The van der Waals surface area contributed by atoms with Crippen LogP contribution < -0.4 is 4.74 Å². The lowest BCUT2D eigenvalue weighted by molar-refractivity contribution is -0.131. The lowest BCUT2D eigenvalue weighted by Gasteiger charge is -2.21. The Morgan fingerprint density at radius 2 is 2.04 bits per heavy atom. The van der Waals surface area contributed by atoms with Crippen LogP contribution in [0.2, 0.25) is 0 Å². The molecule has 1 heterocycles. The maximum absolute atomic E-state index is 12.7. The monoisotopic (exact) mass is 353 g/mol. The highest BCUT2D eigenvalue weighted by Gasteiger charge is 2.32. The molecule has 0 aromatic heterocycles. The Hall–Kier alpha value is -2.33. The molecule has 1 aromatic rings. The molecule has 0 N–H and O–H groups in total. The van der Waals surface area contributed by atoms with Crippen LogP contribution in [0.4, 0.5) is 0 Å². The van der Waals surface area contributed by atoms with E-state index in [2.05, 4.69) is 6.92 Å². The van der Waals surface area contributed by atoms with Crippen molar-refractivity contribution in [3.05, 3.63) is 66.3 Å². The van der Waals surface area contributed by atoms with Crippen LogP contribution in [0.25, 0.3) is 0 Å². The van der Waals surface area contributed by atoms with Gasteiger partial charge in [-0.25, -0.2) is 0 Å². The molecule has 1 aliphatic heterocycles. The Labute approximate surface area is 155 Å². The van der Waals surface area contributed by atoms with E-state index in [0.29, 0.717) is 12.3 Å². The van der Waals surface area contributed by atoms with Gasteiger partial charge in [0.05, 0.1) is 13.0 Å². The molecule has 0 bridgehead atoms. The largest absolute Gasteiger partial charge is 0.482 e. The van der Waals surface area contributed by atoms with Gasteiger partial charge in [-0.15, -0.1) is 0 Å². The smallest absolute Gasteiger partial charge is 0.227 e. The zero-order valence-electron chi connectivity index (χ0n) is 15.5. The summed E-state index contributed by atoms with van der Waals surface area (Å²) >= 11 is 0. The fourth-order valence-electron chi connectivity index (χ4n) is 3.60. The van der Waals surface area contributed by atoms with E-state index in [0.717, 1.165) is 30.9 Å². The van der Waals surface area contributed by atoms with Crippen LogP contribution in [0.5, 0.6) is 5.75 Å². The van der Waals surface area contributed by atoms with Crippen molar-refractivity contribution < 1.29 is 14.3 Å². The second-order valence-corrected chi connectivity index (χ2v) is 7.01.